The van der Waals surface area contributed by atoms with Crippen molar-refractivity contribution >= 4 is 21.8 Å². The highest BCUT2D eigenvalue weighted by Crippen LogP contribution is 2.34. The smallest absolute Gasteiger partial charge is 0.261 e. The first kappa shape index (κ1) is 40.4. The molecule has 2 aromatic heterocycles. The van der Waals surface area contributed by atoms with Crippen molar-refractivity contribution in [1.29, 1.82) is 0 Å². The van der Waals surface area contributed by atoms with Gasteiger partial charge < -0.3 is 25.5 Å². The van der Waals surface area contributed by atoms with Gasteiger partial charge in [-0.05, 0) is 60.1 Å². The van der Waals surface area contributed by atoms with Crippen molar-refractivity contribution in [3.63, 3.8) is 0 Å². The molecule has 2 saturated heterocycles. The molecule has 3 aromatic carbocycles. The van der Waals surface area contributed by atoms with E-state index in [4.69, 9.17) is 25.5 Å². The van der Waals surface area contributed by atoms with E-state index in [1.807, 2.05) is 84.4 Å². The average Bonchev–Trinajstić information content (AvgIpc) is 3.17. The highest BCUT2D eigenvalue weighted by molar-refractivity contribution is 7.85. The van der Waals surface area contributed by atoms with Crippen LogP contribution in [-0.4, -0.2) is 79.1 Å². The van der Waals surface area contributed by atoms with Crippen LogP contribution in [0.4, 0.5) is 10.2 Å². The minimum atomic E-state index is -3.67. The number of aromatic nitrogens is 2. The molecule has 0 spiro atoms. The predicted octanol–water partition coefficient (Wildman–Crippen LogP) is 5.80. The molecule has 12 nitrogen and oxygen atoms in total. The number of ether oxygens (including phenoxy) is 2. The molecule has 0 radical (unpaired) electrons. The van der Waals surface area contributed by atoms with Gasteiger partial charge in [0.05, 0.1) is 25.2 Å². The molecular formula is C42H46FN5O7S. The zero-order chi connectivity index (χ0) is 40.0. The Hall–Kier alpha value is -5.25. The molecule has 2 aliphatic rings. The van der Waals surface area contributed by atoms with Gasteiger partial charge in [-0.15, -0.1) is 0 Å². The van der Waals surface area contributed by atoms with E-state index in [1.165, 1.54) is 0 Å². The SMILES string of the molecule is CS(=O)(=O)O.Cc1ccc(-c2cn(CC3CCOCC3)c(-c3ccc(-c4cc(-c5ccc(CN6CCOCC6)c(F)c5)cnc4N)cc3)c(C(N)=O)c2=O)cc1. The summed E-state index contributed by atoms with van der Waals surface area (Å²) in [6.07, 6.45) is 5.97. The largest absolute Gasteiger partial charge is 0.383 e. The van der Waals surface area contributed by atoms with E-state index in [0.717, 1.165) is 48.2 Å². The number of aryl methyl sites for hydroxylation is 1. The number of rotatable bonds is 9. The summed E-state index contributed by atoms with van der Waals surface area (Å²) >= 11 is 0. The molecule has 5 aromatic rings. The molecule has 0 saturated carbocycles. The monoisotopic (exact) mass is 783 g/mol. The van der Waals surface area contributed by atoms with Crippen molar-refractivity contribution < 1.29 is 31.6 Å². The zero-order valence-electron chi connectivity index (χ0n) is 31.4. The number of primary amides is 1. The molecule has 2 fully saturated rings. The van der Waals surface area contributed by atoms with Crippen LogP contribution in [0, 0.1) is 18.7 Å². The molecule has 2 aliphatic heterocycles. The fourth-order valence-corrected chi connectivity index (χ4v) is 7.02. The Morgan fingerprint density at radius 1 is 0.875 bits per heavy atom. The second kappa shape index (κ2) is 17.7. The fourth-order valence-electron chi connectivity index (χ4n) is 7.02. The average molecular weight is 784 g/mol. The summed E-state index contributed by atoms with van der Waals surface area (Å²) in [6.45, 7) is 7.32. The van der Waals surface area contributed by atoms with Gasteiger partial charge in [0, 0.05) is 74.0 Å². The number of anilines is 1. The van der Waals surface area contributed by atoms with E-state index < -0.39 is 21.5 Å². The Kier molecular flexibility index (Phi) is 12.8. The second-order valence-electron chi connectivity index (χ2n) is 14.2. The van der Waals surface area contributed by atoms with Crippen LogP contribution in [-0.2, 0) is 32.7 Å². The number of amides is 1. The summed E-state index contributed by atoms with van der Waals surface area (Å²) in [7, 11) is -3.67. The first-order chi connectivity index (χ1) is 26.7. The quantitative estimate of drug-likeness (QED) is 0.155. The van der Waals surface area contributed by atoms with Crippen LogP contribution in [0.2, 0.25) is 0 Å². The zero-order valence-corrected chi connectivity index (χ0v) is 32.2. The van der Waals surface area contributed by atoms with E-state index in [-0.39, 0.29) is 11.4 Å². The van der Waals surface area contributed by atoms with Gasteiger partial charge in [0.2, 0.25) is 5.43 Å². The molecule has 0 bridgehead atoms. The first-order valence-corrected chi connectivity index (χ1v) is 20.2. The number of carbonyl (C=O) groups excluding carboxylic acids is 1. The van der Waals surface area contributed by atoms with Crippen molar-refractivity contribution in [1.82, 2.24) is 14.5 Å². The van der Waals surface area contributed by atoms with E-state index in [2.05, 4.69) is 9.88 Å². The fraction of sp³-hybridized carbons (Fsp3) is 0.310. The third-order valence-corrected chi connectivity index (χ3v) is 9.96. The minimum absolute atomic E-state index is 0.0462. The third kappa shape index (κ3) is 10.1. The number of morpholine rings is 1. The predicted molar refractivity (Wildman–Crippen MR) is 215 cm³/mol. The maximum Gasteiger partial charge on any atom is 0.261 e. The molecule has 0 unspecified atom stereocenters. The first-order valence-electron chi connectivity index (χ1n) is 18.3. The topological polar surface area (TPSA) is 180 Å². The van der Waals surface area contributed by atoms with Crippen LogP contribution < -0.4 is 16.9 Å². The number of benzene rings is 3. The van der Waals surface area contributed by atoms with Gasteiger partial charge in [-0.25, -0.2) is 9.37 Å². The number of hydrogen-bond donors (Lipinski definition) is 3. The molecule has 1 amide bonds. The summed E-state index contributed by atoms with van der Waals surface area (Å²) in [5, 5.41) is 0. The van der Waals surface area contributed by atoms with Crippen molar-refractivity contribution in [2.75, 3.05) is 51.5 Å². The lowest BCUT2D eigenvalue weighted by Gasteiger charge is -2.26. The molecule has 7 rings (SSSR count). The summed E-state index contributed by atoms with van der Waals surface area (Å²) in [5.74, 6) is -0.421. The highest BCUT2D eigenvalue weighted by Gasteiger charge is 2.25. The number of halogens is 1. The van der Waals surface area contributed by atoms with Gasteiger partial charge in [-0.2, -0.15) is 8.42 Å². The number of nitrogens with two attached hydrogens (primary N) is 2. The molecule has 5 N–H and O–H groups in total. The van der Waals surface area contributed by atoms with Crippen LogP contribution in [0.3, 0.4) is 0 Å². The number of nitrogens with zero attached hydrogens (tertiary/aromatic N) is 3. The Morgan fingerprint density at radius 2 is 1.45 bits per heavy atom. The summed E-state index contributed by atoms with van der Waals surface area (Å²) in [4.78, 5) is 33.7. The van der Waals surface area contributed by atoms with Crippen LogP contribution in [0.5, 0.6) is 0 Å². The molecule has 4 heterocycles. The lowest BCUT2D eigenvalue weighted by molar-refractivity contribution is 0.0337. The van der Waals surface area contributed by atoms with Crippen molar-refractivity contribution in [2.45, 2.75) is 32.9 Å². The summed E-state index contributed by atoms with van der Waals surface area (Å²) in [5.41, 5.74) is 18.8. The van der Waals surface area contributed by atoms with Crippen LogP contribution in [0.1, 0.15) is 34.3 Å². The molecule has 294 valence electrons. The standard InChI is InChI=1S/C41H42FN5O4.CH4O3S/c1-26-2-4-29(5-3-26)35-25-47(23-27-12-16-50-17-13-27)38(37(39(35)48)41(44)49)30-8-6-28(7-9-30)34-20-33(22-45-40(34)43)31-10-11-32(36(42)21-31)24-46-14-18-51-19-15-46;1-5(2,3)4/h2-11,20-22,25,27H,12-19,23-24H2,1H3,(H2,43,45)(H2,44,49);1H3,(H,2,3,4). The molecule has 0 aliphatic carbocycles. The van der Waals surface area contributed by atoms with Crippen molar-refractivity contribution in [3.8, 4) is 44.6 Å². The van der Waals surface area contributed by atoms with Crippen LogP contribution >= 0.6 is 0 Å². The third-order valence-electron chi connectivity index (χ3n) is 9.96. The van der Waals surface area contributed by atoms with E-state index >= 15 is 4.39 Å². The second-order valence-corrected chi connectivity index (χ2v) is 15.7. The van der Waals surface area contributed by atoms with Gasteiger partial charge in [-0.1, -0.05) is 66.2 Å². The normalized spacial score (nSPS) is 15.2. The van der Waals surface area contributed by atoms with Crippen LogP contribution in [0.15, 0.2) is 90.0 Å². The minimum Gasteiger partial charge on any atom is -0.383 e. The van der Waals surface area contributed by atoms with Gasteiger partial charge in [0.25, 0.3) is 16.0 Å². The van der Waals surface area contributed by atoms with E-state index in [1.54, 1.807) is 12.3 Å². The number of pyridine rings is 2. The Balaban J connectivity index is 0.00000100. The van der Waals surface area contributed by atoms with Gasteiger partial charge >= 0.3 is 0 Å². The molecule has 0 atom stereocenters. The maximum absolute atomic E-state index is 15.3. The maximum atomic E-state index is 15.3. The van der Waals surface area contributed by atoms with Gasteiger partial charge in [0.15, 0.2) is 0 Å². The highest BCUT2D eigenvalue weighted by atomic mass is 32.2. The van der Waals surface area contributed by atoms with E-state index in [9.17, 15) is 18.0 Å². The number of carbonyl (C=O) groups is 1. The number of nitrogen functional groups attached to an aromatic ring is 1. The Bertz CT molecular complexity index is 2350. The molecule has 14 heteroatoms. The Morgan fingerprint density at radius 3 is 2.07 bits per heavy atom. The van der Waals surface area contributed by atoms with E-state index in [0.29, 0.717) is 91.0 Å². The molecule has 56 heavy (non-hydrogen) atoms. The van der Waals surface area contributed by atoms with Crippen molar-refractivity contribution in [2.24, 2.45) is 11.7 Å². The lowest BCUT2D eigenvalue weighted by Crippen LogP contribution is -2.35. The van der Waals surface area contributed by atoms with Crippen molar-refractivity contribution in [3.05, 3.63) is 118 Å². The summed E-state index contributed by atoms with van der Waals surface area (Å²) in [6, 6.07) is 22.4. The summed E-state index contributed by atoms with van der Waals surface area (Å²) < 4.78 is 54.2. The van der Waals surface area contributed by atoms with Gasteiger partial charge in [0.1, 0.15) is 17.2 Å². The lowest BCUT2D eigenvalue weighted by atomic mass is 9.94. The molecular weight excluding hydrogens is 738 g/mol. The van der Waals surface area contributed by atoms with Crippen LogP contribution in [0.25, 0.3) is 44.6 Å². The van der Waals surface area contributed by atoms with Gasteiger partial charge in [-0.3, -0.25) is 19.0 Å². The number of hydrogen-bond acceptors (Lipinski definition) is 9. The Labute approximate surface area is 325 Å².